The van der Waals surface area contributed by atoms with Crippen LogP contribution in [0.25, 0.3) is 0 Å². The molecule has 3 rings (SSSR count). The van der Waals surface area contributed by atoms with E-state index in [-0.39, 0.29) is 43.3 Å². The molecule has 4 amide bonds. The standard InChI is InChI=1S/C20H25N3O5/c1-20(2,11-17(25)26)10-16(24)21-14-6-3-5-13(9-14)12-23-18(27)15-7-4-8-22(15)19(23)28/h3,5-6,9,15H,4,7-8,10-12H2,1-2H3,(H,21,24)(H,25,26). The van der Waals surface area contributed by atoms with Gasteiger partial charge in [0.1, 0.15) is 6.04 Å². The Morgan fingerprint density at radius 2 is 2.00 bits per heavy atom. The van der Waals surface area contributed by atoms with E-state index in [1.165, 1.54) is 4.90 Å². The zero-order chi connectivity index (χ0) is 20.5. The summed E-state index contributed by atoms with van der Waals surface area (Å²) in [7, 11) is 0. The Hall–Kier alpha value is -2.90. The number of carboxylic acids is 1. The molecule has 1 atom stereocenters. The lowest BCUT2D eigenvalue weighted by molar-refractivity contribution is -0.139. The Morgan fingerprint density at radius 1 is 1.25 bits per heavy atom. The monoisotopic (exact) mass is 387 g/mol. The number of amides is 4. The van der Waals surface area contributed by atoms with Crippen LogP contribution in [0.1, 0.15) is 45.1 Å². The number of rotatable bonds is 7. The minimum Gasteiger partial charge on any atom is -0.481 e. The molecule has 0 spiro atoms. The SMILES string of the molecule is CC(C)(CC(=O)O)CC(=O)Nc1cccc(CN2C(=O)C3CCCN3C2=O)c1. The zero-order valence-electron chi connectivity index (χ0n) is 16.1. The number of imide groups is 1. The van der Waals surface area contributed by atoms with Crippen molar-refractivity contribution in [2.75, 3.05) is 11.9 Å². The second-order valence-electron chi connectivity index (χ2n) is 8.22. The third kappa shape index (κ3) is 4.32. The van der Waals surface area contributed by atoms with Gasteiger partial charge in [0.2, 0.25) is 5.91 Å². The molecule has 2 heterocycles. The first-order valence-corrected chi connectivity index (χ1v) is 9.39. The molecule has 8 nitrogen and oxygen atoms in total. The minimum absolute atomic E-state index is 0.0727. The predicted octanol–water partition coefficient (Wildman–Crippen LogP) is 2.44. The first-order chi connectivity index (χ1) is 13.2. The molecular formula is C20H25N3O5. The van der Waals surface area contributed by atoms with E-state index in [1.807, 2.05) is 0 Å². The van der Waals surface area contributed by atoms with E-state index >= 15 is 0 Å². The van der Waals surface area contributed by atoms with Crippen LogP contribution in [0.3, 0.4) is 0 Å². The molecule has 2 N–H and O–H groups in total. The topological polar surface area (TPSA) is 107 Å². The minimum atomic E-state index is -0.944. The maximum absolute atomic E-state index is 12.5. The Labute approximate surface area is 163 Å². The molecule has 0 bridgehead atoms. The zero-order valence-corrected chi connectivity index (χ0v) is 16.1. The van der Waals surface area contributed by atoms with Crippen LogP contribution >= 0.6 is 0 Å². The van der Waals surface area contributed by atoms with Crippen LogP contribution in [0.15, 0.2) is 24.3 Å². The molecule has 1 aromatic rings. The third-order valence-corrected chi connectivity index (χ3v) is 5.10. The highest BCUT2D eigenvalue weighted by Gasteiger charge is 2.47. The summed E-state index contributed by atoms with van der Waals surface area (Å²) in [6, 6.07) is 6.42. The number of carbonyl (C=O) groups is 4. The number of carboxylic acid groups (broad SMARTS) is 1. The van der Waals surface area contributed by atoms with Crippen molar-refractivity contribution in [1.29, 1.82) is 0 Å². The van der Waals surface area contributed by atoms with Crippen molar-refractivity contribution in [2.24, 2.45) is 5.41 Å². The molecule has 0 radical (unpaired) electrons. The van der Waals surface area contributed by atoms with Gasteiger partial charge in [-0.25, -0.2) is 4.79 Å². The summed E-state index contributed by atoms with van der Waals surface area (Å²) in [4.78, 5) is 50.9. The number of hydrogen-bond donors (Lipinski definition) is 2. The number of benzene rings is 1. The molecule has 2 aliphatic rings. The molecule has 0 aromatic heterocycles. The number of anilines is 1. The van der Waals surface area contributed by atoms with Gasteiger partial charge in [-0.1, -0.05) is 26.0 Å². The van der Waals surface area contributed by atoms with E-state index in [2.05, 4.69) is 5.32 Å². The number of carbonyl (C=O) groups excluding carboxylic acids is 3. The van der Waals surface area contributed by atoms with Crippen LogP contribution in [0.2, 0.25) is 0 Å². The first-order valence-electron chi connectivity index (χ1n) is 9.39. The van der Waals surface area contributed by atoms with Gasteiger partial charge in [0.25, 0.3) is 5.91 Å². The number of urea groups is 1. The maximum atomic E-state index is 12.5. The van der Waals surface area contributed by atoms with Gasteiger partial charge < -0.3 is 15.3 Å². The predicted molar refractivity (Wildman–Crippen MR) is 101 cm³/mol. The van der Waals surface area contributed by atoms with Crippen LogP contribution in [-0.4, -0.2) is 51.3 Å². The van der Waals surface area contributed by atoms with Crippen molar-refractivity contribution < 1.29 is 24.3 Å². The summed E-state index contributed by atoms with van der Waals surface area (Å²) in [6.45, 7) is 4.24. The maximum Gasteiger partial charge on any atom is 0.327 e. The summed E-state index contributed by atoms with van der Waals surface area (Å²) in [5.74, 6) is -1.38. The number of nitrogens with one attached hydrogen (secondary N) is 1. The van der Waals surface area contributed by atoms with Gasteiger partial charge in [0.15, 0.2) is 0 Å². The van der Waals surface area contributed by atoms with Gasteiger partial charge in [0, 0.05) is 18.7 Å². The van der Waals surface area contributed by atoms with Crippen LogP contribution in [0, 0.1) is 5.41 Å². The molecule has 1 aromatic carbocycles. The third-order valence-electron chi connectivity index (χ3n) is 5.10. The highest BCUT2D eigenvalue weighted by atomic mass is 16.4. The second kappa shape index (κ2) is 7.61. The van der Waals surface area contributed by atoms with Crippen LogP contribution in [0.5, 0.6) is 0 Å². The van der Waals surface area contributed by atoms with Gasteiger partial charge in [-0.2, -0.15) is 0 Å². The van der Waals surface area contributed by atoms with Crippen molar-refractivity contribution >= 4 is 29.5 Å². The van der Waals surface area contributed by atoms with Gasteiger partial charge in [-0.15, -0.1) is 0 Å². The summed E-state index contributed by atoms with van der Waals surface area (Å²) in [5.41, 5.74) is 0.632. The molecule has 8 heteroatoms. The Balaban J connectivity index is 1.63. The average Bonchev–Trinajstić information content (AvgIpc) is 3.13. The molecule has 1 unspecified atom stereocenters. The van der Waals surface area contributed by atoms with E-state index in [0.29, 0.717) is 18.7 Å². The van der Waals surface area contributed by atoms with Gasteiger partial charge >= 0.3 is 12.0 Å². The molecule has 2 aliphatic heterocycles. The summed E-state index contributed by atoms with van der Waals surface area (Å²) in [6.07, 6.45) is 1.54. The Kier molecular flexibility index (Phi) is 5.40. The van der Waals surface area contributed by atoms with Crippen molar-refractivity contribution in [2.45, 2.75) is 52.1 Å². The van der Waals surface area contributed by atoms with Crippen molar-refractivity contribution in [1.82, 2.24) is 9.80 Å². The Bertz CT molecular complexity index is 798. The van der Waals surface area contributed by atoms with Crippen LogP contribution in [0.4, 0.5) is 10.5 Å². The fraction of sp³-hybridized carbons (Fsp3) is 0.500. The smallest absolute Gasteiger partial charge is 0.327 e. The fourth-order valence-electron chi connectivity index (χ4n) is 3.87. The lowest BCUT2D eigenvalue weighted by Crippen LogP contribution is -2.32. The molecule has 150 valence electrons. The van der Waals surface area contributed by atoms with Gasteiger partial charge in [0.05, 0.1) is 13.0 Å². The van der Waals surface area contributed by atoms with Gasteiger partial charge in [-0.05, 0) is 36.0 Å². The summed E-state index contributed by atoms with van der Waals surface area (Å²) in [5, 5.41) is 11.7. The van der Waals surface area contributed by atoms with Gasteiger partial charge in [-0.3, -0.25) is 19.3 Å². The number of nitrogens with zero attached hydrogens (tertiary/aromatic N) is 2. The second-order valence-corrected chi connectivity index (χ2v) is 8.22. The average molecular weight is 387 g/mol. The van der Waals surface area contributed by atoms with E-state index in [0.717, 1.165) is 12.0 Å². The molecule has 2 fully saturated rings. The quantitative estimate of drug-likeness (QED) is 0.699. The van der Waals surface area contributed by atoms with Crippen molar-refractivity contribution in [3.63, 3.8) is 0 Å². The summed E-state index contributed by atoms with van der Waals surface area (Å²) < 4.78 is 0. The van der Waals surface area contributed by atoms with E-state index in [9.17, 15) is 19.2 Å². The van der Waals surface area contributed by atoms with E-state index in [4.69, 9.17) is 5.11 Å². The van der Waals surface area contributed by atoms with Crippen LogP contribution in [-0.2, 0) is 20.9 Å². The van der Waals surface area contributed by atoms with Crippen LogP contribution < -0.4 is 5.32 Å². The summed E-state index contributed by atoms with van der Waals surface area (Å²) >= 11 is 0. The fourth-order valence-corrected chi connectivity index (χ4v) is 3.87. The first kappa shape index (κ1) is 19.9. The lowest BCUT2D eigenvalue weighted by atomic mass is 9.85. The highest BCUT2D eigenvalue weighted by molar-refractivity contribution is 6.04. The molecule has 0 saturated carbocycles. The normalized spacial score (nSPS) is 19.1. The highest BCUT2D eigenvalue weighted by Crippen LogP contribution is 2.29. The number of aliphatic carboxylic acids is 1. The molecule has 2 saturated heterocycles. The number of fused-ring (bicyclic) bond motifs is 1. The lowest BCUT2D eigenvalue weighted by Gasteiger charge is -2.21. The molecular weight excluding hydrogens is 362 g/mol. The van der Waals surface area contributed by atoms with E-state index < -0.39 is 11.4 Å². The Morgan fingerprint density at radius 3 is 2.68 bits per heavy atom. The molecule has 0 aliphatic carbocycles. The van der Waals surface area contributed by atoms with Crippen molar-refractivity contribution in [3.05, 3.63) is 29.8 Å². The number of hydrogen-bond acceptors (Lipinski definition) is 4. The molecule has 28 heavy (non-hydrogen) atoms. The van der Waals surface area contributed by atoms with Crippen molar-refractivity contribution in [3.8, 4) is 0 Å². The van der Waals surface area contributed by atoms with E-state index in [1.54, 1.807) is 43.0 Å². The largest absolute Gasteiger partial charge is 0.481 e.